The molecule has 1 saturated heterocycles. The number of aliphatic hydroxyl groups is 4. The second-order valence-electron chi connectivity index (χ2n) is 9.34. The van der Waals surface area contributed by atoms with Crippen LogP contribution in [0.5, 0.6) is 0 Å². The summed E-state index contributed by atoms with van der Waals surface area (Å²) < 4.78 is 4.84. The van der Waals surface area contributed by atoms with E-state index in [1.807, 2.05) is 0 Å². The van der Waals surface area contributed by atoms with Gasteiger partial charge in [0.1, 0.15) is 18.3 Å². The Balaban J connectivity index is 0.000000301. The van der Waals surface area contributed by atoms with E-state index in [-0.39, 0.29) is 38.2 Å². The average molecular weight is 791 g/mol. The quantitative estimate of drug-likeness (QED) is 0.125. The smallest absolute Gasteiger partial charge is 0.759 e. The third-order valence-corrected chi connectivity index (χ3v) is 12.4. The van der Waals surface area contributed by atoms with Gasteiger partial charge in [0.25, 0.3) is 0 Å². The van der Waals surface area contributed by atoms with E-state index in [1.165, 1.54) is 33.5 Å². The molecule has 41 heavy (non-hydrogen) atoms. The van der Waals surface area contributed by atoms with Crippen LogP contribution in [0.1, 0.15) is 0 Å². The van der Waals surface area contributed by atoms with Crippen LogP contribution in [0.4, 0.5) is 0 Å². The van der Waals surface area contributed by atoms with Gasteiger partial charge in [-0.15, -0.1) is 0 Å². The van der Waals surface area contributed by atoms with E-state index in [9.17, 15) is 5.11 Å². The normalized spacial score (nSPS) is 22.0. The minimum atomic E-state index is -1.35. The molecule has 5 atom stereocenters. The predicted molar refractivity (Wildman–Crippen MR) is 169 cm³/mol. The van der Waals surface area contributed by atoms with E-state index in [2.05, 4.69) is 134 Å². The van der Waals surface area contributed by atoms with Gasteiger partial charge in [-0.05, 0) is 54.8 Å². The minimum Gasteiger partial charge on any atom is -0.759 e. The number of benzene rings is 4. The largest absolute Gasteiger partial charge is 1.00 e. The van der Waals surface area contributed by atoms with Gasteiger partial charge in [-0.2, -0.15) is 0 Å². The molecule has 9 heteroatoms. The number of ether oxygens (including phenoxy) is 1. The summed E-state index contributed by atoms with van der Waals surface area (Å²) in [7, 11) is -0.696. The molecule has 0 amide bonds. The molecule has 1 heterocycles. The van der Waals surface area contributed by atoms with Gasteiger partial charge < -0.3 is 37.8 Å². The Kier molecular flexibility index (Phi) is 14.7. The van der Waals surface area contributed by atoms with Crippen LogP contribution in [0.2, 0.25) is 0 Å². The standard InChI is InChI=1S/C26H24P2.C6H12O5S.Au/c1-5-13-23(14-6-1)27(24-15-7-2-8-16-24)21-22-28(25-17-9-3-10-18-25)26-19-11-4-12-20-26;7-1-2-3(8)4(9)5(10)6(12)11-2;/h1-20H,21-22H2;2-10,12H,1H2;/q;;+1/p-1. The Bertz CT molecular complexity index is 1090. The van der Waals surface area contributed by atoms with Crippen LogP contribution in [0, 0.1) is 0 Å². The number of hydrogen-bond donors (Lipinski definition) is 4. The molecule has 5 rings (SSSR count). The Morgan fingerprint density at radius 3 is 1.15 bits per heavy atom. The van der Waals surface area contributed by atoms with Gasteiger partial charge >= 0.3 is 22.4 Å². The van der Waals surface area contributed by atoms with Crippen molar-refractivity contribution in [3.63, 3.8) is 0 Å². The topological polar surface area (TPSA) is 90.2 Å². The zero-order chi connectivity index (χ0) is 28.3. The first-order valence-corrected chi connectivity index (χ1v) is 16.7. The van der Waals surface area contributed by atoms with Crippen molar-refractivity contribution in [1.82, 2.24) is 0 Å². The summed E-state index contributed by atoms with van der Waals surface area (Å²) >= 11 is 4.63. The van der Waals surface area contributed by atoms with Crippen molar-refractivity contribution < 1.29 is 47.5 Å². The van der Waals surface area contributed by atoms with Crippen molar-refractivity contribution in [3.05, 3.63) is 121 Å². The maximum atomic E-state index is 9.18. The molecule has 1 fully saturated rings. The molecule has 0 aromatic heterocycles. The number of hydrogen-bond acceptors (Lipinski definition) is 6. The van der Waals surface area contributed by atoms with Crippen LogP contribution < -0.4 is 21.2 Å². The first kappa shape index (κ1) is 34.1. The summed E-state index contributed by atoms with van der Waals surface area (Å²) in [6, 6.07) is 44.2. The monoisotopic (exact) mass is 790 g/mol. The molecule has 0 aliphatic carbocycles. The van der Waals surface area contributed by atoms with Gasteiger partial charge in [-0.1, -0.05) is 121 Å². The summed E-state index contributed by atoms with van der Waals surface area (Å²) in [5, 5.41) is 42.0. The second kappa shape index (κ2) is 17.7. The van der Waals surface area contributed by atoms with Crippen molar-refractivity contribution in [2.24, 2.45) is 0 Å². The van der Waals surface area contributed by atoms with Crippen molar-refractivity contribution >= 4 is 49.7 Å². The fraction of sp³-hybridized carbons (Fsp3) is 0.250. The van der Waals surface area contributed by atoms with Crippen molar-refractivity contribution in [1.29, 1.82) is 0 Å². The molecule has 1 aliphatic rings. The van der Waals surface area contributed by atoms with Gasteiger partial charge in [0, 0.05) is 0 Å². The van der Waals surface area contributed by atoms with Crippen LogP contribution in [0.25, 0.3) is 0 Å². The third kappa shape index (κ3) is 9.56. The van der Waals surface area contributed by atoms with E-state index in [0.717, 1.165) is 0 Å². The van der Waals surface area contributed by atoms with E-state index < -0.39 is 36.5 Å². The molecular formula is C32H35AuO5P2S. The molecule has 5 nitrogen and oxygen atoms in total. The summed E-state index contributed by atoms with van der Waals surface area (Å²) in [4.78, 5) is 0. The van der Waals surface area contributed by atoms with Gasteiger partial charge in [0.2, 0.25) is 0 Å². The molecule has 4 N–H and O–H groups in total. The summed E-state index contributed by atoms with van der Waals surface area (Å²) in [5.74, 6) is 0. The van der Waals surface area contributed by atoms with Crippen molar-refractivity contribution in [3.8, 4) is 0 Å². The third-order valence-electron chi connectivity index (χ3n) is 6.67. The first-order chi connectivity index (χ1) is 19.5. The summed E-state index contributed by atoms with van der Waals surface area (Å²) in [6.07, 6.45) is -2.41. The first-order valence-electron chi connectivity index (χ1n) is 13.2. The molecule has 5 unspecified atom stereocenters. The molecule has 220 valence electrons. The Labute approximate surface area is 266 Å². The van der Waals surface area contributed by atoms with Crippen LogP contribution in [0.15, 0.2) is 121 Å². The molecular weight excluding hydrogens is 755 g/mol. The molecule has 0 radical (unpaired) electrons. The van der Waals surface area contributed by atoms with E-state index in [1.54, 1.807) is 0 Å². The minimum absolute atomic E-state index is 0. The average Bonchev–Trinajstić information content (AvgIpc) is 3.02. The van der Waals surface area contributed by atoms with Gasteiger partial charge in [-0.3, -0.25) is 0 Å². The Morgan fingerprint density at radius 1 is 0.537 bits per heavy atom. The molecule has 4 aromatic carbocycles. The van der Waals surface area contributed by atoms with Gasteiger partial charge in [0.05, 0.1) is 12.7 Å². The SMILES string of the molecule is OCC1OC([S-])C(O)C(O)C1O.[Au+].c1ccc(P(CCP(c2ccccc2)c2ccccc2)c2ccccc2)cc1. The maximum absolute atomic E-state index is 9.18. The summed E-state index contributed by atoms with van der Waals surface area (Å²) in [5.41, 5.74) is -0.986. The Morgan fingerprint density at radius 2 is 0.854 bits per heavy atom. The van der Waals surface area contributed by atoms with E-state index in [4.69, 9.17) is 20.1 Å². The van der Waals surface area contributed by atoms with Gasteiger partial charge in [-0.25, -0.2) is 0 Å². The van der Waals surface area contributed by atoms with Crippen molar-refractivity contribution in [2.45, 2.75) is 29.9 Å². The van der Waals surface area contributed by atoms with Crippen LogP contribution >= 0.6 is 15.8 Å². The van der Waals surface area contributed by atoms with E-state index >= 15 is 0 Å². The van der Waals surface area contributed by atoms with Crippen molar-refractivity contribution in [2.75, 3.05) is 18.9 Å². The molecule has 1 aliphatic heterocycles. The van der Waals surface area contributed by atoms with Crippen LogP contribution in [-0.2, 0) is 39.7 Å². The summed E-state index contributed by atoms with van der Waals surface area (Å²) in [6.45, 7) is -0.432. The van der Waals surface area contributed by atoms with E-state index in [0.29, 0.717) is 0 Å². The molecule has 0 spiro atoms. The Hall–Kier alpha value is -1.37. The molecule has 0 bridgehead atoms. The van der Waals surface area contributed by atoms with Gasteiger partial charge in [0.15, 0.2) is 0 Å². The van der Waals surface area contributed by atoms with Crippen LogP contribution in [0.3, 0.4) is 0 Å². The zero-order valence-electron chi connectivity index (χ0n) is 22.4. The fourth-order valence-corrected chi connectivity index (χ4v) is 10.2. The maximum Gasteiger partial charge on any atom is 1.00 e. The zero-order valence-corrected chi connectivity index (χ0v) is 27.1. The number of rotatable bonds is 8. The molecule has 4 aromatic rings. The molecule has 0 saturated carbocycles. The van der Waals surface area contributed by atoms with Crippen LogP contribution in [-0.4, -0.2) is 69.2 Å². The fourth-order valence-electron chi connectivity index (χ4n) is 4.51. The predicted octanol–water partition coefficient (Wildman–Crippen LogP) is 2.58. The number of aliphatic hydroxyl groups excluding tert-OH is 4. The second-order valence-corrected chi connectivity index (χ2v) is 14.5.